The molecule has 0 aromatic heterocycles. The van der Waals surface area contributed by atoms with Crippen molar-refractivity contribution in [2.24, 2.45) is 0 Å². The van der Waals surface area contributed by atoms with E-state index in [0.29, 0.717) is 5.69 Å². The van der Waals surface area contributed by atoms with Crippen molar-refractivity contribution in [3.63, 3.8) is 0 Å². The molecule has 1 rings (SSSR count). The van der Waals surface area contributed by atoms with Gasteiger partial charge in [-0.05, 0) is 46.9 Å². The van der Waals surface area contributed by atoms with Crippen molar-refractivity contribution >= 4 is 44.0 Å². The Morgan fingerprint density at radius 2 is 1.88 bits per heavy atom. The van der Waals surface area contributed by atoms with Crippen LogP contribution in [-0.4, -0.2) is 26.3 Å². The Balaban J connectivity index is 2.49. The highest BCUT2D eigenvalue weighted by Crippen LogP contribution is 2.11. The average Bonchev–Trinajstić information content (AvgIpc) is 2.18. The van der Waals surface area contributed by atoms with E-state index >= 15 is 0 Å². The maximum atomic E-state index is 11.4. The van der Waals surface area contributed by atoms with E-state index in [1.54, 1.807) is 12.1 Å². The molecule has 0 aliphatic carbocycles. The van der Waals surface area contributed by atoms with Gasteiger partial charge in [0.1, 0.15) is 9.84 Å². The van der Waals surface area contributed by atoms with Gasteiger partial charge in [-0.25, -0.2) is 8.42 Å². The van der Waals surface area contributed by atoms with E-state index in [0.717, 1.165) is 9.83 Å². The van der Waals surface area contributed by atoms with E-state index in [-0.39, 0.29) is 18.1 Å². The number of amides is 1. The van der Waals surface area contributed by atoms with Crippen molar-refractivity contribution in [3.8, 4) is 0 Å². The maximum absolute atomic E-state index is 11.4. The molecule has 1 amide bonds. The third-order valence-corrected chi connectivity index (χ3v) is 3.49. The van der Waals surface area contributed by atoms with Crippen LogP contribution in [0, 0.1) is 3.57 Å². The molecule has 0 atom stereocenters. The number of hydrogen-bond acceptors (Lipinski definition) is 3. The summed E-state index contributed by atoms with van der Waals surface area (Å²) in [4.78, 5) is 11.4. The Bertz CT molecular complexity index is 467. The third-order valence-electron chi connectivity index (χ3n) is 1.83. The molecule has 1 N–H and O–H groups in total. The molecule has 0 saturated heterocycles. The minimum Gasteiger partial charge on any atom is -0.326 e. The highest BCUT2D eigenvalue weighted by molar-refractivity contribution is 14.1. The fourth-order valence-corrected chi connectivity index (χ4v) is 1.95. The topological polar surface area (TPSA) is 63.2 Å². The molecule has 0 heterocycles. The van der Waals surface area contributed by atoms with Crippen LogP contribution in [0.5, 0.6) is 0 Å². The van der Waals surface area contributed by atoms with Crippen molar-refractivity contribution < 1.29 is 13.2 Å². The van der Waals surface area contributed by atoms with Crippen molar-refractivity contribution in [1.29, 1.82) is 0 Å². The molecule has 1 aromatic carbocycles. The molecule has 0 fully saturated rings. The van der Waals surface area contributed by atoms with Gasteiger partial charge in [-0.3, -0.25) is 4.79 Å². The summed E-state index contributed by atoms with van der Waals surface area (Å²) in [5.41, 5.74) is 0.680. The van der Waals surface area contributed by atoms with E-state index in [1.165, 1.54) is 0 Å². The minimum atomic E-state index is -3.08. The second kappa shape index (κ2) is 5.62. The Kier molecular flexibility index (Phi) is 4.72. The van der Waals surface area contributed by atoms with Gasteiger partial charge in [0, 0.05) is 21.9 Å². The summed E-state index contributed by atoms with van der Waals surface area (Å²) in [5.74, 6) is -0.407. The van der Waals surface area contributed by atoms with Crippen LogP contribution in [0.2, 0.25) is 0 Å². The first-order chi connectivity index (χ1) is 7.37. The third kappa shape index (κ3) is 5.45. The molecule has 0 saturated carbocycles. The van der Waals surface area contributed by atoms with Crippen LogP contribution in [0.4, 0.5) is 5.69 Å². The summed E-state index contributed by atoms with van der Waals surface area (Å²) >= 11 is 2.17. The fourth-order valence-electron chi connectivity index (χ4n) is 1.03. The van der Waals surface area contributed by atoms with E-state index in [1.807, 2.05) is 12.1 Å². The van der Waals surface area contributed by atoms with Gasteiger partial charge in [-0.1, -0.05) is 0 Å². The van der Waals surface area contributed by atoms with E-state index in [2.05, 4.69) is 27.9 Å². The molecule has 0 spiro atoms. The lowest BCUT2D eigenvalue weighted by Crippen LogP contribution is -2.16. The van der Waals surface area contributed by atoms with E-state index in [4.69, 9.17) is 0 Å². The van der Waals surface area contributed by atoms with Crippen LogP contribution in [-0.2, 0) is 14.6 Å². The smallest absolute Gasteiger partial charge is 0.225 e. The molecule has 4 nitrogen and oxygen atoms in total. The zero-order valence-corrected chi connectivity index (χ0v) is 11.7. The van der Waals surface area contributed by atoms with Gasteiger partial charge in [-0.15, -0.1) is 0 Å². The first-order valence-electron chi connectivity index (χ1n) is 4.60. The number of hydrogen-bond donors (Lipinski definition) is 1. The van der Waals surface area contributed by atoms with Gasteiger partial charge < -0.3 is 5.32 Å². The predicted octanol–water partition coefficient (Wildman–Crippen LogP) is 1.66. The van der Waals surface area contributed by atoms with Gasteiger partial charge in [0.2, 0.25) is 5.91 Å². The zero-order chi connectivity index (χ0) is 12.2. The molecule has 16 heavy (non-hydrogen) atoms. The van der Waals surface area contributed by atoms with Crippen molar-refractivity contribution in [2.75, 3.05) is 17.3 Å². The Morgan fingerprint density at radius 3 is 2.38 bits per heavy atom. The lowest BCUT2D eigenvalue weighted by atomic mass is 10.3. The molecular weight excluding hydrogens is 341 g/mol. The molecule has 6 heteroatoms. The number of anilines is 1. The largest absolute Gasteiger partial charge is 0.326 e. The molecule has 0 aliphatic heterocycles. The number of benzene rings is 1. The second-order valence-corrected chi connectivity index (χ2v) is 6.94. The zero-order valence-electron chi connectivity index (χ0n) is 8.73. The average molecular weight is 353 g/mol. The van der Waals surface area contributed by atoms with Crippen LogP contribution in [0.25, 0.3) is 0 Å². The normalized spacial score (nSPS) is 11.1. The number of carbonyl (C=O) groups excluding carboxylic acids is 1. The number of rotatable bonds is 4. The van der Waals surface area contributed by atoms with Crippen LogP contribution in [0.15, 0.2) is 24.3 Å². The molecule has 0 aliphatic rings. The minimum absolute atomic E-state index is 0.00911. The number of halogens is 1. The molecule has 0 radical (unpaired) electrons. The maximum Gasteiger partial charge on any atom is 0.225 e. The summed E-state index contributed by atoms with van der Waals surface area (Å²) < 4.78 is 22.8. The number of nitrogens with one attached hydrogen (secondary N) is 1. The van der Waals surface area contributed by atoms with Gasteiger partial charge >= 0.3 is 0 Å². The first-order valence-corrected chi connectivity index (χ1v) is 7.74. The van der Waals surface area contributed by atoms with Crippen molar-refractivity contribution in [1.82, 2.24) is 0 Å². The molecule has 88 valence electrons. The summed E-state index contributed by atoms with van der Waals surface area (Å²) in [7, 11) is -3.08. The standard InChI is InChI=1S/C10H12INO3S/c1-16(14,15)7-6-10(13)12-9-4-2-8(11)3-5-9/h2-5H,6-7H2,1H3,(H,12,13). The fraction of sp³-hybridized carbons (Fsp3) is 0.300. The van der Waals surface area contributed by atoms with Gasteiger partial charge in [0.25, 0.3) is 0 Å². The SMILES string of the molecule is CS(=O)(=O)CCC(=O)Nc1ccc(I)cc1. The quantitative estimate of drug-likeness (QED) is 0.838. The second-order valence-electron chi connectivity index (χ2n) is 3.43. The predicted molar refractivity (Wildman–Crippen MR) is 72.1 cm³/mol. The Labute approximate surface area is 108 Å². The van der Waals surface area contributed by atoms with E-state index < -0.39 is 9.84 Å². The molecular formula is C10H12INO3S. The Hall–Kier alpha value is -0.630. The van der Waals surface area contributed by atoms with Crippen LogP contribution in [0.1, 0.15) is 6.42 Å². The first kappa shape index (κ1) is 13.4. The summed E-state index contributed by atoms with van der Waals surface area (Å²) in [6, 6.07) is 7.29. The monoisotopic (exact) mass is 353 g/mol. The summed E-state index contributed by atoms with van der Waals surface area (Å²) in [5, 5.41) is 2.64. The molecule has 0 unspecified atom stereocenters. The van der Waals surface area contributed by atoms with Crippen molar-refractivity contribution in [3.05, 3.63) is 27.8 Å². The van der Waals surface area contributed by atoms with E-state index in [9.17, 15) is 13.2 Å². The lowest BCUT2D eigenvalue weighted by Gasteiger charge is -2.04. The van der Waals surface area contributed by atoms with Gasteiger partial charge in [0.15, 0.2) is 0 Å². The molecule has 1 aromatic rings. The summed E-state index contributed by atoms with van der Waals surface area (Å²) in [6.45, 7) is 0. The van der Waals surface area contributed by atoms with Crippen LogP contribution in [0.3, 0.4) is 0 Å². The van der Waals surface area contributed by atoms with Crippen LogP contribution >= 0.6 is 22.6 Å². The highest BCUT2D eigenvalue weighted by atomic mass is 127. The Morgan fingerprint density at radius 1 is 1.31 bits per heavy atom. The highest BCUT2D eigenvalue weighted by Gasteiger charge is 2.07. The summed E-state index contributed by atoms with van der Waals surface area (Å²) in [6.07, 6.45) is 1.11. The van der Waals surface area contributed by atoms with Gasteiger partial charge in [-0.2, -0.15) is 0 Å². The van der Waals surface area contributed by atoms with Gasteiger partial charge in [0.05, 0.1) is 5.75 Å². The van der Waals surface area contributed by atoms with Crippen molar-refractivity contribution in [2.45, 2.75) is 6.42 Å². The molecule has 0 bridgehead atoms. The number of sulfone groups is 1. The lowest BCUT2D eigenvalue weighted by molar-refractivity contribution is -0.115. The van der Waals surface area contributed by atoms with Crippen LogP contribution < -0.4 is 5.32 Å². The number of carbonyl (C=O) groups is 1.